The van der Waals surface area contributed by atoms with Crippen LogP contribution in [0.1, 0.15) is 21.5 Å². The summed E-state index contributed by atoms with van der Waals surface area (Å²) >= 11 is 0. The first-order chi connectivity index (χ1) is 13.5. The van der Waals surface area contributed by atoms with Gasteiger partial charge >= 0.3 is 0 Å². The molecule has 0 fully saturated rings. The quantitative estimate of drug-likeness (QED) is 0.556. The van der Waals surface area contributed by atoms with Crippen LogP contribution in [0.15, 0.2) is 67.0 Å². The van der Waals surface area contributed by atoms with E-state index in [0.29, 0.717) is 17.0 Å². The second-order valence-corrected chi connectivity index (χ2v) is 6.83. The SMILES string of the molecule is COc1ccc(-c2cn3ccc(C)cc3n2)cc1NC(=O)c1cccc(C)c1. The van der Waals surface area contributed by atoms with Crippen molar-refractivity contribution in [3.05, 3.63) is 83.7 Å². The van der Waals surface area contributed by atoms with Crippen molar-refractivity contribution in [1.29, 1.82) is 0 Å². The zero-order valence-electron chi connectivity index (χ0n) is 16.1. The van der Waals surface area contributed by atoms with Crippen LogP contribution in [0, 0.1) is 13.8 Å². The van der Waals surface area contributed by atoms with Gasteiger partial charge in [0.1, 0.15) is 11.4 Å². The van der Waals surface area contributed by atoms with E-state index in [1.165, 1.54) is 0 Å². The molecule has 2 aromatic carbocycles. The standard InChI is InChI=1S/C23H21N3O2/c1-15-5-4-6-18(11-15)23(27)25-19-13-17(7-8-21(19)28-3)20-14-26-10-9-16(2)12-22(26)24-20/h4-14H,1-3H3,(H,25,27). The number of imidazole rings is 1. The minimum absolute atomic E-state index is 0.176. The van der Waals surface area contributed by atoms with Crippen molar-refractivity contribution < 1.29 is 9.53 Å². The van der Waals surface area contributed by atoms with Crippen molar-refractivity contribution >= 4 is 17.2 Å². The number of nitrogens with zero attached hydrogens (tertiary/aromatic N) is 2. The van der Waals surface area contributed by atoms with Gasteiger partial charge in [-0.05, 0) is 61.9 Å². The van der Waals surface area contributed by atoms with Gasteiger partial charge in [-0.15, -0.1) is 0 Å². The van der Waals surface area contributed by atoms with Crippen molar-refractivity contribution in [2.24, 2.45) is 0 Å². The Hall–Kier alpha value is -3.60. The van der Waals surface area contributed by atoms with E-state index < -0.39 is 0 Å². The summed E-state index contributed by atoms with van der Waals surface area (Å²) in [7, 11) is 1.59. The second-order valence-electron chi connectivity index (χ2n) is 6.83. The van der Waals surface area contributed by atoms with Crippen molar-refractivity contribution in [2.45, 2.75) is 13.8 Å². The summed E-state index contributed by atoms with van der Waals surface area (Å²) in [5.41, 5.74) is 6.03. The average molecular weight is 371 g/mol. The molecular weight excluding hydrogens is 350 g/mol. The van der Waals surface area contributed by atoms with Crippen LogP contribution in [0.5, 0.6) is 5.75 Å². The van der Waals surface area contributed by atoms with Crippen LogP contribution >= 0.6 is 0 Å². The number of anilines is 1. The van der Waals surface area contributed by atoms with E-state index in [-0.39, 0.29) is 5.91 Å². The maximum absolute atomic E-state index is 12.7. The number of hydrogen-bond donors (Lipinski definition) is 1. The minimum atomic E-state index is -0.176. The summed E-state index contributed by atoms with van der Waals surface area (Å²) in [4.78, 5) is 17.4. The van der Waals surface area contributed by atoms with Crippen LogP contribution in [-0.4, -0.2) is 22.4 Å². The monoisotopic (exact) mass is 371 g/mol. The van der Waals surface area contributed by atoms with E-state index in [1.54, 1.807) is 13.2 Å². The normalized spacial score (nSPS) is 10.8. The highest BCUT2D eigenvalue weighted by Gasteiger charge is 2.13. The zero-order valence-corrected chi connectivity index (χ0v) is 16.1. The summed E-state index contributed by atoms with van der Waals surface area (Å²) in [6, 6.07) is 17.2. The van der Waals surface area contributed by atoms with Gasteiger partial charge in [0.2, 0.25) is 0 Å². The van der Waals surface area contributed by atoms with Gasteiger partial charge in [-0.1, -0.05) is 17.7 Å². The topological polar surface area (TPSA) is 55.6 Å². The third kappa shape index (κ3) is 3.47. The fourth-order valence-corrected chi connectivity index (χ4v) is 3.17. The lowest BCUT2D eigenvalue weighted by Crippen LogP contribution is -2.12. The number of benzene rings is 2. The molecule has 0 spiro atoms. The van der Waals surface area contributed by atoms with Crippen LogP contribution in [0.2, 0.25) is 0 Å². The number of nitrogens with one attached hydrogen (secondary N) is 1. The Balaban J connectivity index is 1.69. The van der Waals surface area contributed by atoms with Gasteiger partial charge in [-0.25, -0.2) is 4.98 Å². The molecule has 0 atom stereocenters. The van der Waals surface area contributed by atoms with Gasteiger partial charge in [0.25, 0.3) is 5.91 Å². The molecule has 2 heterocycles. The molecule has 1 amide bonds. The number of fused-ring (bicyclic) bond motifs is 1. The molecule has 4 rings (SSSR count). The lowest BCUT2D eigenvalue weighted by atomic mass is 10.1. The lowest BCUT2D eigenvalue weighted by molar-refractivity contribution is 0.102. The first-order valence-corrected chi connectivity index (χ1v) is 9.05. The Morgan fingerprint density at radius 2 is 1.86 bits per heavy atom. The molecule has 0 saturated heterocycles. The number of amides is 1. The van der Waals surface area contributed by atoms with E-state index in [9.17, 15) is 4.79 Å². The summed E-state index contributed by atoms with van der Waals surface area (Å²) in [6.07, 6.45) is 3.97. The fraction of sp³-hybridized carbons (Fsp3) is 0.130. The second kappa shape index (κ2) is 7.19. The molecule has 0 aliphatic heterocycles. The van der Waals surface area contributed by atoms with Gasteiger partial charge in [0.15, 0.2) is 0 Å². The van der Waals surface area contributed by atoms with Gasteiger partial charge < -0.3 is 14.5 Å². The summed E-state index contributed by atoms with van der Waals surface area (Å²) in [5, 5.41) is 2.96. The first kappa shape index (κ1) is 17.8. The number of aromatic nitrogens is 2. The van der Waals surface area contributed by atoms with Gasteiger partial charge in [-0.3, -0.25) is 4.79 Å². The van der Waals surface area contributed by atoms with Crippen molar-refractivity contribution in [1.82, 2.24) is 9.38 Å². The molecule has 28 heavy (non-hydrogen) atoms. The molecule has 0 aliphatic rings. The molecule has 0 bridgehead atoms. The molecule has 5 nitrogen and oxygen atoms in total. The Kier molecular flexibility index (Phi) is 4.57. The largest absolute Gasteiger partial charge is 0.495 e. The number of rotatable bonds is 4. The van der Waals surface area contributed by atoms with Crippen LogP contribution in [0.3, 0.4) is 0 Å². The summed E-state index contributed by atoms with van der Waals surface area (Å²) in [5.74, 6) is 0.425. The number of pyridine rings is 1. The number of aryl methyl sites for hydroxylation is 2. The van der Waals surface area contributed by atoms with E-state index in [1.807, 2.05) is 79.2 Å². The van der Waals surface area contributed by atoms with Gasteiger partial charge in [0.05, 0.1) is 18.5 Å². The predicted molar refractivity (Wildman–Crippen MR) is 111 cm³/mol. The highest BCUT2D eigenvalue weighted by atomic mass is 16.5. The Bertz CT molecular complexity index is 1180. The highest BCUT2D eigenvalue weighted by Crippen LogP contribution is 2.31. The van der Waals surface area contributed by atoms with E-state index >= 15 is 0 Å². The van der Waals surface area contributed by atoms with E-state index in [0.717, 1.165) is 28.0 Å². The molecule has 5 heteroatoms. The Labute approximate surface area is 163 Å². The van der Waals surface area contributed by atoms with E-state index in [2.05, 4.69) is 5.32 Å². The van der Waals surface area contributed by atoms with E-state index in [4.69, 9.17) is 9.72 Å². The number of hydrogen-bond acceptors (Lipinski definition) is 3. The van der Waals surface area contributed by atoms with Gasteiger partial charge in [-0.2, -0.15) is 0 Å². The predicted octanol–water partition coefficient (Wildman–Crippen LogP) is 4.88. The smallest absolute Gasteiger partial charge is 0.255 e. The van der Waals surface area contributed by atoms with Crippen LogP contribution in [0.25, 0.3) is 16.9 Å². The third-order valence-corrected chi connectivity index (χ3v) is 4.64. The third-order valence-electron chi connectivity index (χ3n) is 4.64. The van der Waals surface area contributed by atoms with Gasteiger partial charge in [0, 0.05) is 23.5 Å². The molecule has 2 aromatic heterocycles. The van der Waals surface area contributed by atoms with Crippen molar-refractivity contribution in [3.63, 3.8) is 0 Å². The number of carbonyl (C=O) groups excluding carboxylic acids is 1. The van der Waals surface area contributed by atoms with Crippen molar-refractivity contribution in [3.8, 4) is 17.0 Å². The van der Waals surface area contributed by atoms with Crippen LogP contribution < -0.4 is 10.1 Å². The maximum atomic E-state index is 12.7. The molecule has 4 aromatic rings. The molecule has 0 unspecified atom stereocenters. The number of carbonyl (C=O) groups is 1. The molecule has 1 N–H and O–H groups in total. The fourth-order valence-electron chi connectivity index (χ4n) is 3.17. The first-order valence-electron chi connectivity index (χ1n) is 9.05. The molecule has 0 saturated carbocycles. The molecule has 0 radical (unpaired) electrons. The average Bonchev–Trinajstić information content (AvgIpc) is 3.11. The molecule has 0 aliphatic carbocycles. The lowest BCUT2D eigenvalue weighted by Gasteiger charge is -2.12. The molecule has 140 valence electrons. The Morgan fingerprint density at radius 3 is 2.64 bits per heavy atom. The number of ether oxygens (including phenoxy) is 1. The Morgan fingerprint density at radius 1 is 1.04 bits per heavy atom. The number of methoxy groups -OCH3 is 1. The maximum Gasteiger partial charge on any atom is 0.255 e. The highest BCUT2D eigenvalue weighted by molar-refractivity contribution is 6.05. The van der Waals surface area contributed by atoms with Crippen molar-refractivity contribution in [2.75, 3.05) is 12.4 Å². The summed E-state index contributed by atoms with van der Waals surface area (Å²) < 4.78 is 7.41. The molecular formula is C23H21N3O2. The van der Waals surface area contributed by atoms with Crippen LogP contribution in [0.4, 0.5) is 5.69 Å². The zero-order chi connectivity index (χ0) is 19.7. The minimum Gasteiger partial charge on any atom is -0.495 e. The summed E-state index contributed by atoms with van der Waals surface area (Å²) in [6.45, 7) is 4.00. The van der Waals surface area contributed by atoms with Crippen LogP contribution in [-0.2, 0) is 0 Å².